The predicted octanol–water partition coefficient (Wildman–Crippen LogP) is 1.15. The third-order valence-electron chi connectivity index (χ3n) is 4.46. The van der Waals surface area contributed by atoms with E-state index in [1.165, 1.54) is 12.1 Å². The van der Waals surface area contributed by atoms with E-state index in [-0.39, 0.29) is 5.56 Å². The number of aromatic nitrogens is 1. The van der Waals surface area contributed by atoms with Gasteiger partial charge >= 0.3 is 0 Å². The highest BCUT2D eigenvalue weighted by Crippen LogP contribution is 2.31. The van der Waals surface area contributed by atoms with Crippen LogP contribution >= 0.6 is 0 Å². The zero-order valence-corrected chi connectivity index (χ0v) is 14.3. The smallest absolute Gasteiger partial charge is 0.123 e. The molecule has 0 saturated heterocycles. The lowest BCUT2D eigenvalue weighted by Gasteiger charge is -2.26. The van der Waals surface area contributed by atoms with Crippen molar-refractivity contribution in [3.63, 3.8) is 0 Å². The second-order valence-electron chi connectivity index (χ2n) is 6.30. The Balaban J connectivity index is 2.09. The number of nitrogens with zero attached hydrogens (tertiary/aromatic N) is 1. The Kier molecular flexibility index (Phi) is 5.79. The third kappa shape index (κ3) is 3.97. The van der Waals surface area contributed by atoms with Crippen LogP contribution in [0.3, 0.4) is 0 Å². The number of rotatable bonds is 6. The Labute approximate surface area is 154 Å². The fourth-order valence-corrected chi connectivity index (χ4v) is 2.92. The molecule has 4 atom stereocenters. The molecule has 6 nitrogen and oxygen atoms in total. The van der Waals surface area contributed by atoms with Gasteiger partial charge in [-0.2, -0.15) is 0 Å². The summed E-state index contributed by atoms with van der Waals surface area (Å²) in [6.45, 7) is -0.761. The summed E-state index contributed by atoms with van der Waals surface area (Å²) in [7, 11) is 0. The second-order valence-corrected chi connectivity index (χ2v) is 6.30. The molecule has 0 unspecified atom stereocenters. The summed E-state index contributed by atoms with van der Waals surface area (Å²) in [5, 5.41) is 49.9. The lowest BCUT2D eigenvalue weighted by molar-refractivity contribution is -0.115. The number of para-hydroxylation sites is 1. The van der Waals surface area contributed by atoms with Crippen molar-refractivity contribution in [1.29, 1.82) is 0 Å². The van der Waals surface area contributed by atoms with E-state index in [4.69, 9.17) is 5.11 Å². The first-order valence-electron chi connectivity index (χ1n) is 8.41. The lowest BCUT2D eigenvalue weighted by atomic mass is 9.93. The van der Waals surface area contributed by atoms with Crippen LogP contribution in [0.5, 0.6) is 0 Å². The molecule has 0 bridgehead atoms. The van der Waals surface area contributed by atoms with Crippen molar-refractivity contribution in [2.45, 2.75) is 24.4 Å². The van der Waals surface area contributed by atoms with Gasteiger partial charge in [-0.3, -0.25) is 0 Å². The molecule has 2 aromatic carbocycles. The fourth-order valence-electron chi connectivity index (χ4n) is 2.92. The number of halogens is 1. The van der Waals surface area contributed by atoms with Crippen LogP contribution in [-0.4, -0.2) is 55.4 Å². The van der Waals surface area contributed by atoms with Gasteiger partial charge < -0.3 is 25.5 Å². The number of pyridine rings is 1. The first-order chi connectivity index (χ1) is 12.9. The van der Waals surface area contributed by atoms with Crippen molar-refractivity contribution in [3.8, 4) is 11.3 Å². The molecule has 0 aliphatic heterocycles. The molecule has 0 amide bonds. The van der Waals surface area contributed by atoms with Gasteiger partial charge in [-0.1, -0.05) is 18.2 Å². The topological polar surface area (TPSA) is 114 Å². The van der Waals surface area contributed by atoms with Crippen molar-refractivity contribution >= 4 is 10.9 Å². The summed E-state index contributed by atoms with van der Waals surface area (Å²) in [6.07, 6.45) is -6.63. The Morgan fingerprint density at radius 2 is 1.56 bits per heavy atom. The van der Waals surface area contributed by atoms with Crippen molar-refractivity contribution in [3.05, 3.63) is 66.0 Å². The second kappa shape index (κ2) is 8.08. The summed E-state index contributed by atoms with van der Waals surface area (Å²) in [6, 6.07) is 14.1. The van der Waals surface area contributed by atoms with Crippen LogP contribution in [0.4, 0.5) is 4.39 Å². The average molecular weight is 373 g/mol. The molecule has 3 aromatic rings. The van der Waals surface area contributed by atoms with E-state index >= 15 is 0 Å². The normalized spacial score (nSPS) is 16.1. The molecule has 0 radical (unpaired) electrons. The van der Waals surface area contributed by atoms with Gasteiger partial charge in [0.15, 0.2) is 0 Å². The van der Waals surface area contributed by atoms with E-state index in [9.17, 15) is 24.8 Å². The van der Waals surface area contributed by atoms with E-state index < -0.39 is 36.8 Å². The minimum atomic E-state index is -1.74. The van der Waals surface area contributed by atoms with Crippen LogP contribution < -0.4 is 0 Å². The van der Waals surface area contributed by atoms with Crippen molar-refractivity contribution in [2.75, 3.05) is 6.61 Å². The van der Waals surface area contributed by atoms with Crippen LogP contribution in [-0.2, 0) is 0 Å². The standard InChI is InChI=1S/C20H20FNO5/c21-12-7-5-11(6-8-12)16-9-14(13-3-1-2-4-15(13)22-16)18(25)20(27)19(26)17(24)10-23/h1-9,17-20,23-27H,10H2/t17-,18-,19-,20-/m1/s1. The van der Waals surface area contributed by atoms with Gasteiger partial charge in [0.25, 0.3) is 0 Å². The maximum atomic E-state index is 13.2. The van der Waals surface area contributed by atoms with E-state index in [2.05, 4.69) is 4.98 Å². The molecule has 0 saturated carbocycles. The van der Waals surface area contributed by atoms with E-state index in [0.29, 0.717) is 22.2 Å². The Bertz CT molecular complexity index is 918. The molecule has 5 N–H and O–H groups in total. The van der Waals surface area contributed by atoms with Gasteiger partial charge in [0.2, 0.25) is 0 Å². The molecule has 0 spiro atoms. The molecule has 7 heteroatoms. The quantitative estimate of drug-likeness (QED) is 0.443. The molecule has 0 aliphatic rings. The zero-order valence-electron chi connectivity index (χ0n) is 14.3. The monoisotopic (exact) mass is 373 g/mol. The summed E-state index contributed by atoms with van der Waals surface area (Å²) >= 11 is 0. The van der Waals surface area contributed by atoms with Crippen molar-refractivity contribution in [2.24, 2.45) is 0 Å². The average Bonchev–Trinajstić information content (AvgIpc) is 2.71. The molecule has 3 rings (SSSR count). The lowest BCUT2D eigenvalue weighted by Crippen LogP contribution is -2.42. The van der Waals surface area contributed by atoms with Crippen molar-refractivity contribution in [1.82, 2.24) is 4.98 Å². The first-order valence-corrected chi connectivity index (χ1v) is 8.41. The summed E-state index contributed by atoms with van der Waals surface area (Å²) in [5.41, 5.74) is 1.89. The van der Waals surface area contributed by atoms with Gasteiger partial charge in [-0.25, -0.2) is 9.37 Å². The van der Waals surface area contributed by atoms with Gasteiger partial charge in [0.05, 0.1) is 17.8 Å². The highest BCUT2D eigenvalue weighted by Gasteiger charge is 2.32. The minimum absolute atomic E-state index is 0.289. The first kappa shape index (κ1) is 19.3. The maximum absolute atomic E-state index is 13.2. The summed E-state index contributed by atoms with van der Waals surface area (Å²) < 4.78 is 13.2. The molecule has 0 fully saturated rings. The van der Waals surface area contributed by atoms with E-state index in [1.807, 2.05) is 0 Å². The van der Waals surface area contributed by atoms with Crippen LogP contribution in [0, 0.1) is 5.82 Å². The summed E-state index contributed by atoms with van der Waals surface area (Å²) in [5.74, 6) is -0.392. The number of fused-ring (bicyclic) bond motifs is 1. The number of benzene rings is 2. The molecule has 1 heterocycles. The van der Waals surface area contributed by atoms with Crippen LogP contribution in [0.25, 0.3) is 22.2 Å². The Morgan fingerprint density at radius 1 is 0.889 bits per heavy atom. The third-order valence-corrected chi connectivity index (χ3v) is 4.46. The van der Waals surface area contributed by atoms with Crippen LogP contribution in [0.1, 0.15) is 11.7 Å². The molecular weight excluding hydrogens is 353 g/mol. The number of hydrogen-bond donors (Lipinski definition) is 5. The van der Waals surface area contributed by atoms with Gasteiger partial charge in [-0.05, 0) is 42.0 Å². The fraction of sp³-hybridized carbons (Fsp3) is 0.250. The highest BCUT2D eigenvalue weighted by molar-refractivity contribution is 5.85. The highest BCUT2D eigenvalue weighted by atomic mass is 19.1. The number of hydrogen-bond acceptors (Lipinski definition) is 6. The van der Waals surface area contributed by atoms with E-state index in [1.54, 1.807) is 42.5 Å². The van der Waals surface area contributed by atoms with Gasteiger partial charge in [-0.15, -0.1) is 0 Å². The molecule has 27 heavy (non-hydrogen) atoms. The zero-order chi connectivity index (χ0) is 19.6. The molecular formula is C20H20FNO5. The van der Waals surface area contributed by atoms with Gasteiger partial charge in [0, 0.05) is 10.9 Å². The molecule has 0 aliphatic carbocycles. The van der Waals surface area contributed by atoms with Crippen LogP contribution in [0.2, 0.25) is 0 Å². The largest absolute Gasteiger partial charge is 0.394 e. The Hall–Kier alpha value is -2.42. The van der Waals surface area contributed by atoms with Crippen LogP contribution in [0.15, 0.2) is 54.6 Å². The maximum Gasteiger partial charge on any atom is 0.123 e. The van der Waals surface area contributed by atoms with Crippen molar-refractivity contribution < 1.29 is 29.9 Å². The predicted molar refractivity (Wildman–Crippen MR) is 97.2 cm³/mol. The number of aliphatic hydroxyl groups is 5. The van der Waals surface area contributed by atoms with E-state index in [0.717, 1.165) is 0 Å². The summed E-state index contributed by atoms with van der Waals surface area (Å²) in [4.78, 5) is 4.51. The molecule has 1 aromatic heterocycles. The van der Waals surface area contributed by atoms with Gasteiger partial charge in [0.1, 0.15) is 30.2 Å². The SMILES string of the molecule is OC[C@@H](O)[C@@H](O)[C@H](O)[C@H](O)c1cc(-c2ccc(F)cc2)nc2ccccc12. The number of aliphatic hydroxyl groups excluding tert-OH is 5. The minimum Gasteiger partial charge on any atom is -0.394 e. The molecule has 142 valence electrons. The Morgan fingerprint density at radius 3 is 2.22 bits per heavy atom.